The number of aliphatic hydroxyl groups excluding tert-OH is 2. The molecule has 0 unspecified atom stereocenters. The van der Waals surface area contributed by atoms with Gasteiger partial charge in [0.25, 0.3) is 0 Å². The molecule has 3 saturated heterocycles. The van der Waals surface area contributed by atoms with Crippen molar-refractivity contribution >= 4 is 55.0 Å². The maximum Gasteiger partial charge on any atom is 0.357 e. The van der Waals surface area contributed by atoms with Gasteiger partial charge in [0.05, 0.1) is 132 Å². The fourth-order valence-electron chi connectivity index (χ4n) is 17.5. The second kappa shape index (κ2) is 67.3. The Morgan fingerprint density at radius 3 is 1.25 bits per heavy atom. The minimum absolute atomic E-state index is 0.0146. The Morgan fingerprint density at radius 2 is 0.833 bits per heavy atom. The highest BCUT2D eigenvalue weighted by molar-refractivity contribution is 7.97. The minimum Gasteiger partial charge on any atom is -0.497 e. The van der Waals surface area contributed by atoms with Crippen molar-refractivity contribution in [3.8, 4) is 28.7 Å². The molecule has 6 aliphatic rings. The Kier molecular flexibility index (Phi) is 53.8. The van der Waals surface area contributed by atoms with Crippen LogP contribution in [0, 0.1) is 13.0 Å². The molecule has 0 radical (unpaired) electrons. The zero-order chi connectivity index (χ0) is 106. The van der Waals surface area contributed by atoms with Gasteiger partial charge in [0.2, 0.25) is 0 Å². The normalized spacial score (nSPS) is 15.5. The number of anilines is 1. The fourth-order valence-corrected chi connectivity index (χ4v) is 26.4. The van der Waals surface area contributed by atoms with Crippen molar-refractivity contribution in [1.29, 1.82) is 0 Å². The highest BCUT2D eigenvalue weighted by atomic mass is 127. The number of likely N-dealkylation sites (N-methyl/N-ethyl adjacent to an activating group) is 3. The van der Waals surface area contributed by atoms with Crippen molar-refractivity contribution in [3.05, 3.63) is 363 Å². The molecule has 0 spiro atoms. The van der Waals surface area contributed by atoms with Crippen LogP contribution in [0.1, 0.15) is 153 Å². The Hall–Kier alpha value is -10.3. The van der Waals surface area contributed by atoms with Gasteiger partial charge >= 0.3 is 21.2 Å². The number of ether oxygens (including phenoxy) is 9. The van der Waals surface area contributed by atoms with E-state index in [1.54, 1.807) is 43.5 Å². The Bertz CT molecular complexity index is 5710. The highest BCUT2D eigenvalue weighted by Crippen LogP contribution is 2.39. The summed E-state index contributed by atoms with van der Waals surface area (Å²) >= 11 is -0.0793. The molecule has 1 aromatic heterocycles. The average Bonchev–Trinajstić information content (AvgIpc) is 1.64. The number of nitrogens with zero attached hydrogens (tertiary/aromatic N) is 6. The molecule has 2 N–H and O–H groups in total. The molecule has 1 saturated carbocycles. The summed E-state index contributed by atoms with van der Waals surface area (Å²) in [6, 6.07) is 110. The van der Waals surface area contributed by atoms with Crippen molar-refractivity contribution in [2.24, 2.45) is 12.0 Å². The lowest BCUT2D eigenvalue weighted by molar-refractivity contribution is -0.597. The van der Waals surface area contributed by atoms with Gasteiger partial charge in [0.1, 0.15) is 47.8 Å². The first-order valence-electron chi connectivity index (χ1n) is 53.6. The average molecular weight is 2210 g/mol. The maximum absolute atomic E-state index is 13.5. The summed E-state index contributed by atoms with van der Waals surface area (Å²) in [6.07, 6.45) is 22.8. The summed E-state index contributed by atoms with van der Waals surface area (Å²) in [4.78, 5) is 23.0. The van der Waals surface area contributed by atoms with E-state index in [-0.39, 0.29) is 72.9 Å². The van der Waals surface area contributed by atoms with E-state index < -0.39 is 0 Å². The number of allylic oxidation sites excluding steroid dienone is 1. The van der Waals surface area contributed by atoms with Crippen molar-refractivity contribution in [2.45, 2.75) is 176 Å². The molecule has 0 amide bonds. The molecule has 19 rings (SSSR count). The second-order valence-electron chi connectivity index (χ2n) is 39.0. The number of rotatable bonds is 23. The fraction of sp³-hybridized carbons (Fsp3) is 0.398. The molecule has 17 nitrogen and oxygen atoms in total. The zero-order valence-corrected chi connectivity index (χ0v) is 95.8. The number of aliphatic hydroxyl groups is 2. The first kappa shape index (κ1) is 120. The van der Waals surface area contributed by atoms with E-state index in [4.69, 9.17) is 52.8 Å². The largest absolute Gasteiger partial charge is 0.497 e. The number of benzene rings is 12. The highest BCUT2D eigenvalue weighted by Gasteiger charge is 2.33. The number of methoxy groups -OCH3 is 3. The Balaban J connectivity index is 0.000000163. The number of piperazine rings is 1. The first-order valence-corrected chi connectivity index (χ1v) is 59.8. The predicted octanol–water partition coefficient (Wildman–Crippen LogP) is 23.3. The number of hydrogen-bond acceptors (Lipinski definition) is 16. The predicted molar refractivity (Wildman–Crippen MR) is 619 cm³/mol. The third kappa shape index (κ3) is 40.6. The molecule has 1 aliphatic carbocycles. The van der Waals surface area contributed by atoms with Crippen molar-refractivity contribution in [2.75, 3.05) is 191 Å². The lowest BCUT2D eigenvalue weighted by atomic mass is 9.82. The van der Waals surface area contributed by atoms with Gasteiger partial charge in [0.15, 0.2) is 52.9 Å². The van der Waals surface area contributed by atoms with Crippen LogP contribution in [0.25, 0.3) is 10.9 Å². The summed E-state index contributed by atoms with van der Waals surface area (Å²) in [7, 11) is 13.7. The summed E-state index contributed by atoms with van der Waals surface area (Å²) in [5.74, 6) is 6.76. The van der Waals surface area contributed by atoms with Crippen LogP contribution < -0.4 is 49.8 Å². The SMILES string of the molecule is CCC(C)(C)c1ccc([I+]c2ccc(C(C)(C)CC)cc2)cc1.CN(CCO)CCO.CN1CCN(C)CC1.COc1ccc(C2=NC=CC2)c(F)c1.COc1ccc(N2CCCCC2)cc1.COc1ccc2c(c1)OCCOCCOCCOCCOCCO2.Cn1cc([S+]2CCCC2)c2ccccc21.c1ccc([S+](c2ccccc2)c2ccc(C3CCCCC3)cc2)cc1.c1ccc([S+](c2ccccc2)c2ccccc2)cc1. The number of hydrogen-bond donors (Lipinski definition) is 2. The standard InChI is InChI=1S/C24H25S.C22H30I.C18H15S.C17H26O7.C13H16NS.C12H17NO.C11H10FNO.C6H14N2.C5H13NO2/c1-4-10-20(11-5-1)21-16-18-24(19-17-21)25(22-12-6-2-7-13-22)23-14-8-3-9-15-23;1-7-21(3,4)17-9-13-19(14-10-17)23-20-15-11-18(12-16-20)22(5,6)8-2;1-4-10-16(11-5-1)19(17-12-6-2-7-13-17)18-14-8-3-9-15-18;1-18-15-2-3-16-17(14-15)24-13-11-22-9-7-20-5-4-19-6-8-21-10-12-23-16;1-14-10-13(15-8-4-5-9-15)11-6-2-3-7-12(11)14;1-14-12-7-5-11(6-8-12)13-9-3-2-4-10-13;1-14-8-4-5-9(10(12)7-8)11-3-2-6-13-11;1-7-3-5-8(2)6-4-7;1-6(2-4-7)3-5-8/h2-3,6-9,12-20H,1,4-5,10-11H2;9-16H,7-8H2,1-6H3;1-15H;2-3,14H,4-13H2,1H3;2-3,6-7,10H,4-5,8-9H2,1H3;5-8H,2-4,9-10H2,1H3;2,4-7H,3H2,1H3;3-6H2,1-2H3;7-8H,2-5H2,1H3/q3*+1;;+1;;;;. The lowest BCUT2D eigenvalue weighted by Gasteiger charge is -2.28. The van der Waals surface area contributed by atoms with E-state index in [1.165, 1.54) is 211 Å². The molecule has 0 bridgehead atoms. The molecule has 22 heteroatoms. The molecule has 5 aliphatic heterocycles. The number of aliphatic imine (C=N–C) groups is 1. The van der Waals surface area contributed by atoms with Crippen LogP contribution in [0.3, 0.4) is 0 Å². The lowest BCUT2D eigenvalue weighted by Crippen LogP contribution is -3.61. The third-order valence-electron chi connectivity index (χ3n) is 27.4. The van der Waals surface area contributed by atoms with Crippen molar-refractivity contribution in [1.82, 2.24) is 19.3 Å². The Morgan fingerprint density at radius 1 is 0.433 bits per heavy atom. The van der Waals surface area contributed by atoms with Gasteiger partial charge in [-0.05, 0) is 270 Å². The van der Waals surface area contributed by atoms with Gasteiger partial charge < -0.3 is 77.0 Å². The van der Waals surface area contributed by atoms with Crippen LogP contribution in [0.4, 0.5) is 10.1 Å². The zero-order valence-electron chi connectivity index (χ0n) is 91.2. The first-order chi connectivity index (χ1) is 73.2. The molecular weight excluding hydrogens is 2040 g/mol. The Labute approximate surface area is 916 Å². The molecular formula is C128H166FIN6O11S3+4. The van der Waals surface area contributed by atoms with E-state index in [2.05, 4.69) is 354 Å². The number of fused-ring (bicyclic) bond motifs is 2. The van der Waals surface area contributed by atoms with Crippen LogP contribution >= 0.6 is 0 Å². The molecule has 13 aromatic rings. The third-order valence-corrected chi connectivity index (χ3v) is 37.0. The van der Waals surface area contributed by atoms with Crippen LogP contribution in [0.15, 0.2) is 367 Å². The van der Waals surface area contributed by atoms with Gasteiger partial charge in [-0.1, -0.05) is 206 Å². The van der Waals surface area contributed by atoms with Gasteiger partial charge in [-0.2, -0.15) is 0 Å². The summed E-state index contributed by atoms with van der Waals surface area (Å²) < 4.78 is 67.2. The molecule has 12 aromatic carbocycles. The number of halogens is 2. The summed E-state index contributed by atoms with van der Waals surface area (Å²) in [6.45, 7) is 27.8. The number of piperidine rings is 1. The topological polar surface area (TPSA) is 154 Å². The van der Waals surface area contributed by atoms with Crippen LogP contribution in [0.5, 0.6) is 28.7 Å². The summed E-state index contributed by atoms with van der Waals surface area (Å²) in [5.41, 5.74) is 9.03. The maximum atomic E-state index is 13.5. The van der Waals surface area contributed by atoms with Crippen molar-refractivity contribution < 1.29 is 78.4 Å². The van der Waals surface area contributed by atoms with Crippen molar-refractivity contribution in [3.63, 3.8) is 0 Å². The van der Waals surface area contributed by atoms with E-state index in [0.29, 0.717) is 125 Å². The number of aryl methyl sites for hydroxylation is 1. The second-order valence-corrected chi connectivity index (χ2v) is 48.3. The van der Waals surface area contributed by atoms with E-state index in [0.717, 1.165) is 17.4 Å². The van der Waals surface area contributed by atoms with Crippen LogP contribution in [0.2, 0.25) is 0 Å². The molecule has 4 fully saturated rings. The minimum atomic E-state index is -0.285. The van der Waals surface area contributed by atoms with E-state index in [1.807, 2.05) is 42.3 Å². The smallest absolute Gasteiger partial charge is 0.357 e. The quantitative estimate of drug-likeness (QED) is 0.0461. The van der Waals surface area contributed by atoms with Gasteiger partial charge in [-0.25, -0.2) is 4.39 Å². The molecule has 802 valence electrons. The van der Waals surface area contributed by atoms with Gasteiger partial charge in [0, 0.05) is 106 Å². The number of aromatic nitrogens is 1. The number of para-hydroxylation sites is 1. The van der Waals surface area contributed by atoms with Gasteiger partial charge in [-0.3, -0.25) is 4.99 Å². The van der Waals surface area contributed by atoms with E-state index in [9.17, 15) is 4.39 Å². The molecule has 0 atom stereocenters. The van der Waals surface area contributed by atoms with E-state index >= 15 is 0 Å². The van der Waals surface area contributed by atoms with Crippen LogP contribution in [-0.2, 0) is 69.5 Å². The molecule has 6 heterocycles. The molecule has 150 heavy (non-hydrogen) atoms. The van der Waals surface area contributed by atoms with Crippen LogP contribution in [-0.4, -0.2) is 221 Å². The monoisotopic (exact) mass is 2210 g/mol. The summed E-state index contributed by atoms with van der Waals surface area (Å²) in [5, 5.41) is 18.2. The van der Waals surface area contributed by atoms with Gasteiger partial charge in [-0.15, -0.1) is 0 Å².